The summed E-state index contributed by atoms with van der Waals surface area (Å²) in [4.78, 5) is 11.4. The van der Waals surface area contributed by atoms with E-state index in [1.165, 1.54) is 19.3 Å². The molecule has 0 atom stereocenters. The highest BCUT2D eigenvalue weighted by Crippen LogP contribution is 2.35. The van der Waals surface area contributed by atoms with E-state index in [0.717, 1.165) is 24.4 Å². The van der Waals surface area contributed by atoms with Gasteiger partial charge in [-0.2, -0.15) is 5.10 Å². The first kappa shape index (κ1) is 10.4. The molecule has 0 saturated heterocycles. The molecule has 1 fully saturated rings. The van der Waals surface area contributed by atoms with Gasteiger partial charge in [-0.1, -0.05) is 13.3 Å². The predicted molar refractivity (Wildman–Crippen MR) is 59.1 cm³/mol. The minimum atomic E-state index is 0.126. The second kappa shape index (κ2) is 4.17. The SMILES string of the molecule is CCCn1nc(C2CCC2)cc1C(C)=O. The Kier molecular flexibility index (Phi) is 2.89. The molecule has 0 amide bonds. The minimum absolute atomic E-state index is 0.126. The first-order valence-corrected chi connectivity index (χ1v) is 5.81. The molecule has 0 N–H and O–H groups in total. The zero-order valence-corrected chi connectivity index (χ0v) is 9.49. The van der Waals surface area contributed by atoms with Crippen molar-refractivity contribution in [1.29, 1.82) is 0 Å². The summed E-state index contributed by atoms with van der Waals surface area (Å²) in [5, 5.41) is 4.54. The van der Waals surface area contributed by atoms with Crippen LogP contribution >= 0.6 is 0 Å². The first-order chi connectivity index (χ1) is 7.22. The van der Waals surface area contributed by atoms with Crippen molar-refractivity contribution in [3.05, 3.63) is 17.5 Å². The highest BCUT2D eigenvalue weighted by molar-refractivity contribution is 5.92. The third kappa shape index (κ3) is 1.96. The van der Waals surface area contributed by atoms with E-state index in [0.29, 0.717) is 5.92 Å². The lowest BCUT2D eigenvalue weighted by Crippen LogP contribution is -2.11. The maximum Gasteiger partial charge on any atom is 0.177 e. The quantitative estimate of drug-likeness (QED) is 0.710. The summed E-state index contributed by atoms with van der Waals surface area (Å²) < 4.78 is 1.87. The molecule has 0 unspecified atom stereocenters. The number of hydrogen-bond donors (Lipinski definition) is 0. The van der Waals surface area contributed by atoms with Crippen molar-refractivity contribution in [3.63, 3.8) is 0 Å². The highest BCUT2D eigenvalue weighted by atomic mass is 16.1. The zero-order valence-electron chi connectivity index (χ0n) is 9.49. The fourth-order valence-electron chi connectivity index (χ4n) is 2.01. The van der Waals surface area contributed by atoms with Gasteiger partial charge in [-0.05, 0) is 25.3 Å². The first-order valence-electron chi connectivity index (χ1n) is 5.81. The van der Waals surface area contributed by atoms with E-state index in [1.807, 2.05) is 10.7 Å². The molecule has 82 valence electrons. The Bertz CT molecular complexity index is 364. The molecule has 2 rings (SSSR count). The summed E-state index contributed by atoms with van der Waals surface area (Å²) in [6.45, 7) is 4.57. The monoisotopic (exact) mass is 206 g/mol. The van der Waals surface area contributed by atoms with Gasteiger partial charge in [-0.3, -0.25) is 9.48 Å². The number of ketones is 1. The topological polar surface area (TPSA) is 34.9 Å². The van der Waals surface area contributed by atoms with Gasteiger partial charge in [0.05, 0.1) is 5.69 Å². The minimum Gasteiger partial charge on any atom is -0.293 e. The molecule has 3 nitrogen and oxygen atoms in total. The van der Waals surface area contributed by atoms with Crippen molar-refractivity contribution in [1.82, 2.24) is 9.78 Å². The molecule has 0 aliphatic heterocycles. The largest absolute Gasteiger partial charge is 0.293 e. The number of aromatic nitrogens is 2. The van der Waals surface area contributed by atoms with Crippen LogP contribution in [-0.2, 0) is 6.54 Å². The summed E-state index contributed by atoms with van der Waals surface area (Å²) >= 11 is 0. The lowest BCUT2D eigenvalue weighted by Gasteiger charge is -2.22. The van der Waals surface area contributed by atoms with Crippen LogP contribution in [0.25, 0.3) is 0 Å². The Morgan fingerprint density at radius 2 is 2.33 bits per heavy atom. The van der Waals surface area contributed by atoms with Gasteiger partial charge in [0.15, 0.2) is 5.78 Å². The Labute approximate surface area is 90.5 Å². The van der Waals surface area contributed by atoms with Crippen LogP contribution in [0.15, 0.2) is 6.07 Å². The molecule has 0 bridgehead atoms. The van der Waals surface area contributed by atoms with E-state index in [2.05, 4.69) is 12.0 Å². The van der Waals surface area contributed by atoms with Crippen molar-refractivity contribution in [3.8, 4) is 0 Å². The van der Waals surface area contributed by atoms with Gasteiger partial charge in [0, 0.05) is 19.4 Å². The summed E-state index contributed by atoms with van der Waals surface area (Å²) in [6, 6.07) is 1.99. The maximum absolute atomic E-state index is 11.4. The Balaban J connectivity index is 2.26. The molecule has 1 aromatic heterocycles. The van der Waals surface area contributed by atoms with Gasteiger partial charge < -0.3 is 0 Å². The van der Waals surface area contributed by atoms with E-state index in [-0.39, 0.29) is 5.78 Å². The standard InChI is InChI=1S/C12H18N2O/c1-3-7-14-12(9(2)15)8-11(13-14)10-5-4-6-10/h8,10H,3-7H2,1-2H3. The third-order valence-electron chi connectivity index (χ3n) is 3.12. The molecular weight excluding hydrogens is 188 g/mol. The summed E-state index contributed by atoms with van der Waals surface area (Å²) in [6.07, 6.45) is 4.80. The smallest absolute Gasteiger partial charge is 0.177 e. The number of Topliss-reactive ketones (excluding diaryl/α,β-unsaturated/α-hetero) is 1. The van der Waals surface area contributed by atoms with Crippen molar-refractivity contribution < 1.29 is 4.79 Å². The number of aryl methyl sites for hydroxylation is 1. The number of carbonyl (C=O) groups is 1. The van der Waals surface area contributed by atoms with Crippen LogP contribution in [0.2, 0.25) is 0 Å². The number of carbonyl (C=O) groups excluding carboxylic acids is 1. The normalized spacial score (nSPS) is 16.4. The molecule has 0 spiro atoms. The molecule has 1 aliphatic rings. The average molecular weight is 206 g/mol. The summed E-state index contributed by atoms with van der Waals surface area (Å²) in [5.41, 5.74) is 1.90. The van der Waals surface area contributed by atoms with Gasteiger partial charge in [-0.25, -0.2) is 0 Å². The number of hydrogen-bond acceptors (Lipinski definition) is 2. The second-order valence-electron chi connectivity index (χ2n) is 4.36. The van der Waals surface area contributed by atoms with Crippen LogP contribution < -0.4 is 0 Å². The van der Waals surface area contributed by atoms with Crippen molar-refractivity contribution >= 4 is 5.78 Å². The van der Waals surface area contributed by atoms with Crippen LogP contribution in [0.1, 0.15) is 61.6 Å². The molecule has 1 aliphatic carbocycles. The third-order valence-corrected chi connectivity index (χ3v) is 3.12. The van der Waals surface area contributed by atoms with Crippen LogP contribution in [0.5, 0.6) is 0 Å². The lowest BCUT2D eigenvalue weighted by molar-refractivity contribution is 0.100. The summed E-state index contributed by atoms with van der Waals surface area (Å²) in [7, 11) is 0. The van der Waals surface area contributed by atoms with E-state index < -0.39 is 0 Å². The van der Waals surface area contributed by atoms with Crippen molar-refractivity contribution in [2.45, 2.75) is 52.0 Å². The highest BCUT2D eigenvalue weighted by Gasteiger charge is 2.24. The number of nitrogens with zero attached hydrogens (tertiary/aromatic N) is 2. The van der Waals surface area contributed by atoms with Crippen LogP contribution in [0.4, 0.5) is 0 Å². The van der Waals surface area contributed by atoms with E-state index in [4.69, 9.17) is 0 Å². The molecule has 3 heteroatoms. The van der Waals surface area contributed by atoms with Crippen LogP contribution in [-0.4, -0.2) is 15.6 Å². The Morgan fingerprint density at radius 3 is 2.80 bits per heavy atom. The van der Waals surface area contributed by atoms with E-state index >= 15 is 0 Å². The molecule has 0 aromatic carbocycles. The van der Waals surface area contributed by atoms with E-state index in [9.17, 15) is 4.79 Å². The van der Waals surface area contributed by atoms with Gasteiger partial charge in [0.25, 0.3) is 0 Å². The van der Waals surface area contributed by atoms with Crippen molar-refractivity contribution in [2.24, 2.45) is 0 Å². The number of rotatable bonds is 4. The van der Waals surface area contributed by atoms with Crippen LogP contribution in [0, 0.1) is 0 Å². The lowest BCUT2D eigenvalue weighted by atomic mass is 9.83. The predicted octanol–water partition coefficient (Wildman–Crippen LogP) is 2.76. The molecule has 1 saturated carbocycles. The maximum atomic E-state index is 11.4. The zero-order chi connectivity index (χ0) is 10.8. The molecule has 1 aromatic rings. The van der Waals surface area contributed by atoms with E-state index in [1.54, 1.807) is 6.92 Å². The van der Waals surface area contributed by atoms with Gasteiger partial charge >= 0.3 is 0 Å². The fourth-order valence-corrected chi connectivity index (χ4v) is 2.01. The average Bonchev–Trinajstić information content (AvgIpc) is 2.46. The molecule has 1 heterocycles. The Hall–Kier alpha value is -1.12. The van der Waals surface area contributed by atoms with Gasteiger partial charge in [0.2, 0.25) is 0 Å². The van der Waals surface area contributed by atoms with Crippen LogP contribution in [0.3, 0.4) is 0 Å². The Morgan fingerprint density at radius 1 is 1.60 bits per heavy atom. The molecular formula is C12H18N2O. The molecule has 0 radical (unpaired) electrons. The second-order valence-corrected chi connectivity index (χ2v) is 4.36. The van der Waals surface area contributed by atoms with Gasteiger partial charge in [-0.15, -0.1) is 0 Å². The summed E-state index contributed by atoms with van der Waals surface area (Å²) in [5.74, 6) is 0.739. The molecule has 15 heavy (non-hydrogen) atoms. The van der Waals surface area contributed by atoms with Gasteiger partial charge in [0.1, 0.15) is 5.69 Å². The van der Waals surface area contributed by atoms with Crippen molar-refractivity contribution in [2.75, 3.05) is 0 Å². The fraction of sp³-hybridized carbons (Fsp3) is 0.667.